The molecule has 1 aromatic carbocycles. The van der Waals surface area contributed by atoms with Crippen LogP contribution in [0.1, 0.15) is 18.4 Å². The van der Waals surface area contributed by atoms with Crippen LogP contribution in [0.4, 0.5) is 17.6 Å². The van der Waals surface area contributed by atoms with Gasteiger partial charge in [-0.1, -0.05) is 17.7 Å². The molecule has 0 heterocycles. The molecular weight excluding hydrogens is 304 g/mol. The highest BCUT2D eigenvalue weighted by Gasteiger charge is 2.49. The molecule has 1 rings (SSSR count). The maximum atomic E-state index is 13.6. The van der Waals surface area contributed by atoms with E-state index in [1.54, 1.807) is 0 Å². The molecule has 0 radical (unpaired) electrons. The third kappa shape index (κ3) is 3.47. The molecule has 0 bridgehead atoms. The minimum absolute atomic E-state index is 0.257. The number of alkyl halides is 3. The van der Waals surface area contributed by atoms with Crippen molar-refractivity contribution in [3.8, 4) is 0 Å². The van der Waals surface area contributed by atoms with Crippen molar-refractivity contribution < 1.29 is 31.9 Å². The summed E-state index contributed by atoms with van der Waals surface area (Å²) in [7, 11) is 0. The number of rotatable bonds is 4. The Hall–Kier alpha value is -1.63. The fourth-order valence-corrected chi connectivity index (χ4v) is 1.80. The standard InChI is InChI=1S/C12H9ClF4O3/c1-2-20-11(19)9(10(18)12(15,16)17)8-6(13)4-3-5-7(8)14/h3-5,9H,2H2,1H3. The van der Waals surface area contributed by atoms with E-state index in [-0.39, 0.29) is 6.61 Å². The van der Waals surface area contributed by atoms with Gasteiger partial charge in [-0.25, -0.2) is 4.39 Å². The van der Waals surface area contributed by atoms with Crippen LogP contribution in [0, 0.1) is 5.82 Å². The molecule has 0 aliphatic heterocycles. The number of Topliss-reactive ketones (excluding diaryl/α,β-unsaturated/α-hetero) is 1. The van der Waals surface area contributed by atoms with Crippen molar-refractivity contribution in [2.24, 2.45) is 0 Å². The summed E-state index contributed by atoms with van der Waals surface area (Å²) in [4.78, 5) is 22.9. The fraction of sp³-hybridized carbons (Fsp3) is 0.333. The second-order valence-corrected chi connectivity index (χ2v) is 4.09. The first-order valence-electron chi connectivity index (χ1n) is 5.41. The number of ketones is 1. The summed E-state index contributed by atoms with van der Waals surface area (Å²) in [6.07, 6.45) is -5.32. The highest BCUT2D eigenvalue weighted by atomic mass is 35.5. The molecule has 0 aliphatic rings. The number of ether oxygens (including phenoxy) is 1. The highest BCUT2D eigenvalue weighted by Crippen LogP contribution is 2.34. The molecule has 0 N–H and O–H groups in total. The van der Waals surface area contributed by atoms with Crippen LogP contribution in [0.5, 0.6) is 0 Å². The van der Waals surface area contributed by atoms with Crippen LogP contribution in [0.15, 0.2) is 18.2 Å². The summed E-state index contributed by atoms with van der Waals surface area (Å²) < 4.78 is 55.6. The van der Waals surface area contributed by atoms with E-state index in [0.717, 1.165) is 18.2 Å². The number of carbonyl (C=O) groups excluding carboxylic acids is 2. The first-order valence-corrected chi connectivity index (χ1v) is 5.79. The Bertz CT molecular complexity index is 508. The molecule has 1 aromatic rings. The Balaban J connectivity index is 3.39. The molecule has 8 heteroatoms. The van der Waals surface area contributed by atoms with E-state index >= 15 is 0 Å². The quantitative estimate of drug-likeness (QED) is 0.487. The van der Waals surface area contributed by atoms with Gasteiger partial charge in [0.2, 0.25) is 0 Å². The molecule has 1 unspecified atom stereocenters. The van der Waals surface area contributed by atoms with Gasteiger partial charge < -0.3 is 4.74 Å². The normalized spacial score (nSPS) is 12.9. The maximum absolute atomic E-state index is 13.6. The maximum Gasteiger partial charge on any atom is 0.451 e. The van der Waals surface area contributed by atoms with Crippen LogP contribution < -0.4 is 0 Å². The summed E-state index contributed by atoms with van der Waals surface area (Å²) in [5.41, 5.74) is -0.838. The van der Waals surface area contributed by atoms with Crippen molar-refractivity contribution in [2.45, 2.75) is 19.0 Å². The van der Waals surface area contributed by atoms with Gasteiger partial charge in [-0.15, -0.1) is 0 Å². The number of carbonyl (C=O) groups is 2. The zero-order valence-electron chi connectivity index (χ0n) is 10.1. The molecule has 0 saturated heterocycles. The Kier molecular flexibility index (Phi) is 5.10. The van der Waals surface area contributed by atoms with Crippen LogP contribution in [-0.2, 0) is 14.3 Å². The van der Waals surface area contributed by atoms with Crippen LogP contribution >= 0.6 is 11.6 Å². The predicted molar refractivity (Wildman–Crippen MR) is 61.8 cm³/mol. The molecule has 0 fully saturated rings. The lowest BCUT2D eigenvalue weighted by molar-refractivity contribution is -0.177. The van der Waals surface area contributed by atoms with Crippen molar-refractivity contribution >= 4 is 23.4 Å². The van der Waals surface area contributed by atoms with E-state index in [1.807, 2.05) is 0 Å². The van der Waals surface area contributed by atoms with Gasteiger partial charge in [-0.3, -0.25) is 9.59 Å². The number of halogens is 5. The molecule has 0 aliphatic carbocycles. The van der Waals surface area contributed by atoms with Crippen LogP contribution in [0.2, 0.25) is 5.02 Å². The van der Waals surface area contributed by atoms with Crippen LogP contribution in [0.25, 0.3) is 0 Å². The lowest BCUT2D eigenvalue weighted by atomic mass is 9.93. The molecule has 110 valence electrons. The molecular formula is C12H9ClF4O3. The smallest absolute Gasteiger partial charge is 0.451 e. The van der Waals surface area contributed by atoms with Crippen molar-refractivity contribution in [2.75, 3.05) is 6.61 Å². The average Bonchev–Trinajstić information content (AvgIpc) is 2.32. The number of esters is 1. The predicted octanol–water partition coefficient (Wildman–Crippen LogP) is 3.26. The molecule has 3 nitrogen and oxygen atoms in total. The van der Waals surface area contributed by atoms with Gasteiger partial charge in [0.05, 0.1) is 6.61 Å². The Labute approximate surface area is 116 Å². The molecule has 1 atom stereocenters. The van der Waals surface area contributed by atoms with Crippen LogP contribution in [0.3, 0.4) is 0 Å². The van der Waals surface area contributed by atoms with Gasteiger partial charge in [0.15, 0.2) is 5.92 Å². The summed E-state index contributed by atoms with van der Waals surface area (Å²) >= 11 is 5.60. The number of hydrogen-bond acceptors (Lipinski definition) is 3. The van der Waals surface area contributed by atoms with Gasteiger partial charge in [-0.2, -0.15) is 13.2 Å². The van der Waals surface area contributed by atoms with E-state index in [0.29, 0.717) is 0 Å². The Morgan fingerprint density at radius 3 is 2.40 bits per heavy atom. The first-order chi connectivity index (χ1) is 9.20. The largest absolute Gasteiger partial charge is 0.465 e. The Morgan fingerprint density at radius 1 is 1.35 bits per heavy atom. The minimum atomic E-state index is -5.32. The van der Waals surface area contributed by atoms with E-state index in [9.17, 15) is 27.2 Å². The summed E-state index contributed by atoms with van der Waals surface area (Å²) in [6.45, 7) is 1.09. The van der Waals surface area contributed by atoms with Crippen molar-refractivity contribution in [1.82, 2.24) is 0 Å². The third-order valence-corrected chi connectivity index (χ3v) is 2.68. The summed E-state index contributed by atoms with van der Waals surface area (Å²) in [6, 6.07) is 3.02. The van der Waals surface area contributed by atoms with Crippen molar-refractivity contribution in [3.63, 3.8) is 0 Å². The third-order valence-electron chi connectivity index (χ3n) is 2.35. The summed E-state index contributed by atoms with van der Waals surface area (Å²) in [5, 5.41) is -0.458. The van der Waals surface area contributed by atoms with Gasteiger partial charge in [-0.05, 0) is 19.1 Å². The molecule has 0 saturated carbocycles. The van der Waals surface area contributed by atoms with Gasteiger partial charge in [0.25, 0.3) is 5.78 Å². The second-order valence-electron chi connectivity index (χ2n) is 3.68. The lowest BCUT2D eigenvalue weighted by Gasteiger charge is -2.18. The molecule has 0 amide bonds. The van der Waals surface area contributed by atoms with Crippen molar-refractivity contribution in [3.05, 3.63) is 34.6 Å². The monoisotopic (exact) mass is 312 g/mol. The SMILES string of the molecule is CCOC(=O)C(C(=O)C(F)(F)F)c1c(F)cccc1Cl. The van der Waals surface area contributed by atoms with E-state index in [4.69, 9.17) is 11.6 Å². The van der Waals surface area contributed by atoms with Gasteiger partial charge in [0, 0.05) is 10.6 Å². The van der Waals surface area contributed by atoms with Gasteiger partial charge >= 0.3 is 12.1 Å². The second kappa shape index (κ2) is 6.21. The first kappa shape index (κ1) is 16.4. The number of hydrogen-bond donors (Lipinski definition) is 0. The lowest BCUT2D eigenvalue weighted by Crippen LogP contribution is -2.35. The van der Waals surface area contributed by atoms with E-state index in [1.165, 1.54) is 6.92 Å². The average molecular weight is 313 g/mol. The van der Waals surface area contributed by atoms with Gasteiger partial charge in [0.1, 0.15) is 5.82 Å². The Morgan fingerprint density at radius 2 is 1.95 bits per heavy atom. The topological polar surface area (TPSA) is 43.4 Å². The fourth-order valence-electron chi connectivity index (χ4n) is 1.53. The van der Waals surface area contributed by atoms with E-state index < -0.39 is 40.3 Å². The van der Waals surface area contributed by atoms with E-state index in [2.05, 4.69) is 4.74 Å². The zero-order valence-corrected chi connectivity index (χ0v) is 10.9. The minimum Gasteiger partial charge on any atom is -0.465 e. The molecule has 0 spiro atoms. The summed E-state index contributed by atoms with van der Waals surface area (Å²) in [5.74, 6) is -7.58. The number of benzene rings is 1. The van der Waals surface area contributed by atoms with Crippen molar-refractivity contribution in [1.29, 1.82) is 0 Å². The highest BCUT2D eigenvalue weighted by molar-refractivity contribution is 6.32. The zero-order chi connectivity index (χ0) is 15.5. The molecule has 0 aromatic heterocycles. The van der Waals surface area contributed by atoms with Crippen LogP contribution in [-0.4, -0.2) is 24.5 Å². The molecule has 20 heavy (non-hydrogen) atoms.